The summed E-state index contributed by atoms with van der Waals surface area (Å²) in [6, 6.07) is 3.38. The number of thiazole rings is 1. The highest BCUT2D eigenvalue weighted by molar-refractivity contribution is 7.94. The third kappa shape index (κ3) is 4.33. The molecule has 1 atom stereocenters. The maximum absolute atomic E-state index is 13.5. The van der Waals surface area contributed by atoms with Crippen molar-refractivity contribution in [1.82, 2.24) is 15.2 Å². The van der Waals surface area contributed by atoms with Gasteiger partial charge in [-0.15, -0.1) is 11.3 Å². The predicted octanol–water partition coefficient (Wildman–Crippen LogP) is 3.78. The highest BCUT2D eigenvalue weighted by atomic mass is 35.5. The molecule has 10 heteroatoms. The molecule has 1 aromatic carbocycles. The van der Waals surface area contributed by atoms with Crippen LogP contribution in [-0.4, -0.2) is 52.8 Å². The number of halogens is 2. The van der Waals surface area contributed by atoms with E-state index in [0.29, 0.717) is 35.3 Å². The van der Waals surface area contributed by atoms with Gasteiger partial charge in [0.1, 0.15) is 17.6 Å². The van der Waals surface area contributed by atoms with Crippen LogP contribution in [0.15, 0.2) is 46.2 Å². The number of aliphatic hydroxyl groups is 1. The molecule has 0 bridgehead atoms. The molecule has 1 fully saturated rings. The Morgan fingerprint density at radius 2 is 2.29 bits per heavy atom. The second kappa shape index (κ2) is 8.79. The number of benzene rings is 1. The van der Waals surface area contributed by atoms with Gasteiger partial charge in [0.05, 0.1) is 12.3 Å². The van der Waals surface area contributed by atoms with Crippen molar-refractivity contribution < 1.29 is 13.7 Å². The van der Waals surface area contributed by atoms with Crippen LogP contribution in [0.4, 0.5) is 4.39 Å². The zero-order chi connectivity index (χ0) is 19.5. The van der Waals surface area contributed by atoms with Gasteiger partial charge < -0.3 is 14.6 Å². The molecular weight excluding hydrogens is 423 g/mol. The van der Waals surface area contributed by atoms with E-state index in [1.165, 1.54) is 35.5 Å². The van der Waals surface area contributed by atoms with Crippen LogP contribution in [0.3, 0.4) is 0 Å². The van der Waals surface area contributed by atoms with Gasteiger partial charge in [0, 0.05) is 47.6 Å². The van der Waals surface area contributed by atoms with E-state index in [1.807, 2.05) is 5.38 Å². The van der Waals surface area contributed by atoms with Crippen LogP contribution >= 0.6 is 35.0 Å². The van der Waals surface area contributed by atoms with Gasteiger partial charge in [-0.25, -0.2) is 14.4 Å². The second-order valence-corrected chi connectivity index (χ2v) is 8.47. The highest BCUT2D eigenvalue weighted by Gasteiger charge is 2.29. The number of hydrogen-bond donors (Lipinski definition) is 2. The molecule has 1 saturated heterocycles. The van der Waals surface area contributed by atoms with E-state index in [-0.39, 0.29) is 10.8 Å². The lowest BCUT2D eigenvalue weighted by Crippen LogP contribution is -2.39. The van der Waals surface area contributed by atoms with Gasteiger partial charge in [0.25, 0.3) is 0 Å². The van der Waals surface area contributed by atoms with Crippen LogP contribution in [0.2, 0.25) is 5.02 Å². The molecule has 1 aromatic heterocycles. The first-order valence-corrected chi connectivity index (χ1v) is 10.9. The van der Waals surface area contributed by atoms with E-state index in [2.05, 4.69) is 20.2 Å². The third-order valence-electron chi connectivity index (χ3n) is 4.43. The standard InChI is InChI=1S/C18H18ClFN4O2S2/c19-13-9-11(20)1-2-12(13)15-16(25)14(10-24-4-6-26-28-8-5-24)22-17(23-15)18-21-3-7-27-18/h1-3,7,9,15,25H,4-6,8,10H2,(H,22,23). The molecule has 4 rings (SSSR count). The van der Waals surface area contributed by atoms with E-state index in [9.17, 15) is 9.50 Å². The summed E-state index contributed by atoms with van der Waals surface area (Å²) >= 11 is 9.16. The van der Waals surface area contributed by atoms with E-state index in [1.54, 1.807) is 12.3 Å². The van der Waals surface area contributed by atoms with Crippen LogP contribution in [0.1, 0.15) is 16.6 Å². The Morgan fingerprint density at radius 1 is 1.39 bits per heavy atom. The fraction of sp³-hybridized carbons (Fsp3) is 0.333. The zero-order valence-corrected chi connectivity index (χ0v) is 17.2. The summed E-state index contributed by atoms with van der Waals surface area (Å²) in [5.41, 5.74) is 1.18. The molecule has 2 aliphatic heterocycles. The topological polar surface area (TPSA) is 70.0 Å². The van der Waals surface area contributed by atoms with Gasteiger partial charge >= 0.3 is 0 Å². The van der Waals surface area contributed by atoms with Crippen molar-refractivity contribution in [2.75, 3.05) is 32.0 Å². The molecule has 28 heavy (non-hydrogen) atoms. The van der Waals surface area contributed by atoms with E-state index >= 15 is 0 Å². The Hall–Kier alpha value is -1.65. The smallest absolute Gasteiger partial charge is 0.163 e. The predicted molar refractivity (Wildman–Crippen MR) is 110 cm³/mol. The van der Waals surface area contributed by atoms with E-state index in [0.717, 1.165) is 18.8 Å². The number of hydrogen-bond acceptors (Lipinski definition) is 8. The third-order valence-corrected chi connectivity index (χ3v) is 6.22. The highest BCUT2D eigenvalue weighted by Crippen LogP contribution is 2.34. The maximum Gasteiger partial charge on any atom is 0.163 e. The second-order valence-electron chi connectivity index (χ2n) is 6.29. The molecular formula is C18H18ClFN4O2S2. The minimum absolute atomic E-state index is 0.0756. The molecule has 148 valence electrons. The molecule has 0 spiro atoms. The van der Waals surface area contributed by atoms with Gasteiger partial charge in [0.2, 0.25) is 0 Å². The summed E-state index contributed by atoms with van der Waals surface area (Å²) in [5, 5.41) is 17.0. The summed E-state index contributed by atoms with van der Waals surface area (Å²) < 4.78 is 18.9. The van der Waals surface area contributed by atoms with E-state index in [4.69, 9.17) is 15.8 Å². The molecule has 6 nitrogen and oxygen atoms in total. The first kappa shape index (κ1) is 19.7. The van der Waals surface area contributed by atoms with Crippen molar-refractivity contribution in [2.24, 2.45) is 4.99 Å². The number of nitrogens with zero attached hydrogens (tertiary/aromatic N) is 3. The van der Waals surface area contributed by atoms with Crippen molar-refractivity contribution in [2.45, 2.75) is 6.04 Å². The van der Waals surface area contributed by atoms with Crippen LogP contribution < -0.4 is 5.32 Å². The molecule has 2 N–H and O–H groups in total. The zero-order valence-electron chi connectivity index (χ0n) is 14.8. The van der Waals surface area contributed by atoms with Gasteiger partial charge in [-0.1, -0.05) is 17.7 Å². The lowest BCUT2D eigenvalue weighted by molar-refractivity contribution is 0.255. The number of amidine groups is 1. The Bertz CT molecular complexity index is 899. The van der Waals surface area contributed by atoms with Gasteiger partial charge in [-0.05, 0) is 24.2 Å². The normalized spacial score (nSPS) is 21.2. The Morgan fingerprint density at radius 3 is 3.07 bits per heavy atom. The van der Waals surface area contributed by atoms with Crippen molar-refractivity contribution in [3.05, 3.63) is 62.6 Å². The fourth-order valence-electron chi connectivity index (χ4n) is 3.05. The van der Waals surface area contributed by atoms with Crippen molar-refractivity contribution in [1.29, 1.82) is 0 Å². The van der Waals surface area contributed by atoms with Crippen molar-refractivity contribution >= 4 is 40.8 Å². The monoisotopic (exact) mass is 440 g/mol. The van der Waals surface area contributed by atoms with Crippen LogP contribution in [0.5, 0.6) is 0 Å². The lowest BCUT2D eigenvalue weighted by atomic mass is 10.0. The fourth-order valence-corrected chi connectivity index (χ4v) is 4.55. The van der Waals surface area contributed by atoms with Crippen LogP contribution in [-0.2, 0) is 4.18 Å². The van der Waals surface area contributed by atoms with Crippen molar-refractivity contribution in [3.8, 4) is 0 Å². The number of nitrogens with one attached hydrogen (secondary N) is 1. The Balaban J connectivity index is 1.69. The van der Waals surface area contributed by atoms with E-state index < -0.39 is 11.9 Å². The number of rotatable bonds is 4. The number of aliphatic imine (C=N–C) groups is 1. The van der Waals surface area contributed by atoms with Crippen LogP contribution in [0.25, 0.3) is 0 Å². The maximum atomic E-state index is 13.5. The number of aliphatic hydroxyl groups excluding tert-OH is 1. The lowest BCUT2D eigenvalue weighted by Gasteiger charge is -2.28. The average Bonchev–Trinajstić information content (AvgIpc) is 3.09. The van der Waals surface area contributed by atoms with Crippen LogP contribution in [0, 0.1) is 5.82 Å². The molecule has 1 unspecified atom stereocenters. The molecule has 0 saturated carbocycles. The Kier molecular flexibility index (Phi) is 6.17. The van der Waals surface area contributed by atoms with Gasteiger partial charge in [-0.3, -0.25) is 4.90 Å². The van der Waals surface area contributed by atoms with Crippen molar-refractivity contribution in [3.63, 3.8) is 0 Å². The summed E-state index contributed by atoms with van der Waals surface area (Å²) in [7, 11) is 0. The average molecular weight is 441 g/mol. The first-order valence-electron chi connectivity index (χ1n) is 8.70. The first-order chi connectivity index (χ1) is 13.6. The molecule has 0 aliphatic carbocycles. The summed E-state index contributed by atoms with van der Waals surface area (Å²) in [6.45, 7) is 2.74. The molecule has 0 radical (unpaired) electrons. The minimum atomic E-state index is -0.721. The molecule has 2 aromatic rings. The van der Waals surface area contributed by atoms with Gasteiger partial charge in [-0.2, -0.15) is 0 Å². The molecule has 0 amide bonds. The Labute approximate surface area is 175 Å². The summed E-state index contributed by atoms with van der Waals surface area (Å²) in [5.74, 6) is 1.06. The SMILES string of the molecule is OC1=C(CN2CCOSCC2)NC(c2nccs2)=NC1c1ccc(F)cc1Cl. The summed E-state index contributed by atoms with van der Waals surface area (Å²) in [6.07, 6.45) is 1.70. The summed E-state index contributed by atoms with van der Waals surface area (Å²) in [4.78, 5) is 11.1. The largest absolute Gasteiger partial charge is 0.508 e. The quantitative estimate of drug-likeness (QED) is 0.705. The molecule has 3 heterocycles. The minimum Gasteiger partial charge on any atom is -0.508 e. The number of aromatic nitrogens is 1. The molecule has 2 aliphatic rings. The van der Waals surface area contributed by atoms with Gasteiger partial charge in [0.15, 0.2) is 10.8 Å².